The Hall–Kier alpha value is -2.11. The van der Waals surface area contributed by atoms with Gasteiger partial charge in [0.05, 0.1) is 11.0 Å². The second-order valence-electron chi connectivity index (χ2n) is 7.30. The molecule has 4 rings (SSSR count). The van der Waals surface area contributed by atoms with Crippen molar-refractivity contribution >= 4 is 45.7 Å². The van der Waals surface area contributed by atoms with Crippen molar-refractivity contribution in [3.63, 3.8) is 0 Å². The number of likely N-dealkylation sites (tertiary alicyclic amines) is 1. The molecule has 3 aromatic rings. The molecule has 1 saturated heterocycles. The van der Waals surface area contributed by atoms with Gasteiger partial charge in [-0.3, -0.25) is 0 Å². The molecule has 1 aliphatic rings. The lowest BCUT2D eigenvalue weighted by atomic mass is 9.98. The molecule has 0 amide bonds. The molecule has 140 valence electrons. The maximum absolute atomic E-state index is 5.96. The highest BCUT2D eigenvalue weighted by molar-refractivity contribution is 7.80. The first-order valence-electron chi connectivity index (χ1n) is 9.28. The van der Waals surface area contributed by atoms with Crippen molar-refractivity contribution in [2.24, 2.45) is 0 Å². The third-order valence-corrected chi connectivity index (χ3v) is 5.92. The maximum Gasteiger partial charge on any atom is 0.173 e. The molecule has 0 saturated carbocycles. The summed E-state index contributed by atoms with van der Waals surface area (Å²) in [5, 5.41) is 4.80. The van der Waals surface area contributed by atoms with Crippen molar-refractivity contribution in [1.29, 1.82) is 0 Å². The monoisotopic (exact) mass is 398 g/mol. The number of anilines is 1. The number of rotatable bonds is 2. The number of halogens is 1. The average Bonchev–Trinajstić information content (AvgIpc) is 3.07. The zero-order valence-corrected chi connectivity index (χ0v) is 17.1. The Morgan fingerprint density at radius 2 is 1.96 bits per heavy atom. The highest BCUT2D eigenvalue weighted by atomic mass is 35.5. The minimum Gasteiger partial charge on any atom is -0.348 e. The van der Waals surface area contributed by atoms with E-state index in [0.29, 0.717) is 5.92 Å². The number of H-pyrrole nitrogens is 1. The zero-order chi connectivity index (χ0) is 19.0. The number of benzene rings is 2. The van der Waals surface area contributed by atoms with Gasteiger partial charge in [0.15, 0.2) is 5.11 Å². The summed E-state index contributed by atoms with van der Waals surface area (Å²) in [7, 11) is 0. The highest BCUT2D eigenvalue weighted by Gasteiger charge is 2.25. The van der Waals surface area contributed by atoms with E-state index in [2.05, 4.69) is 41.2 Å². The lowest BCUT2D eigenvalue weighted by molar-refractivity contribution is 0.307. The number of imidazole rings is 1. The molecule has 1 aromatic heterocycles. The molecule has 1 unspecified atom stereocenters. The number of nitrogens with one attached hydrogen (secondary N) is 2. The van der Waals surface area contributed by atoms with E-state index >= 15 is 0 Å². The lowest BCUT2D eigenvalue weighted by Crippen LogP contribution is -2.41. The van der Waals surface area contributed by atoms with Gasteiger partial charge >= 0.3 is 0 Å². The summed E-state index contributed by atoms with van der Waals surface area (Å²) in [6.45, 7) is 6.11. The molecule has 2 aromatic carbocycles. The Kier molecular flexibility index (Phi) is 5.06. The molecule has 0 radical (unpaired) electrons. The van der Waals surface area contributed by atoms with Crippen LogP contribution in [0.15, 0.2) is 36.4 Å². The molecule has 27 heavy (non-hydrogen) atoms. The number of hydrogen-bond donors (Lipinski definition) is 2. The summed E-state index contributed by atoms with van der Waals surface area (Å²) >= 11 is 11.6. The van der Waals surface area contributed by atoms with E-state index in [1.807, 2.05) is 24.3 Å². The van der Waals surface area contributed by atoms with Gasteiger partial charge in [-0.05, 0) is 86.4 Å². The van der Waals surface area contributed by atoms with Crippen LogP contribution in [0, 0.1) is 13.8 Å². The smallest absolute Gasteiger partial charge is 0.173 e. The number of nitrogens with zero attached hydrogens (tertiary/aromatic N) is 2. The molecule has 0 bridgehead atoms. The summed E-state index contributed by atoms with van der Waals surface area (Å²) in [6.07, 6.45) is 2.22. The van der Waals surface area contributed by atoms with Crippen molar-refractivity contribution in [3.05, 3.63) is 58.4 Å². The molecule has 0 spiro atoms. The van der Waals surface area contributed by atoms with Gasteiger partial charge in [0.25, 0.3) is 0 Å². The van der Waals surface area contributed by atoms with E-state index in [-0.39, 0.29) is 0 Å². The van der Waals surface area contributed by atoms with Gasteiger partial charge in [0.1, 0.15) is 5.82 Å². The normalized spacial score (nSPS) is 17.3. The lowest BCUT2D eigenvalue weighted by Gasteiger charge is -2.33. The van der Waals surface area contributed by atoms with Crippen LogP contribution in [0.25, 0.3) is 11.0 Å². The minimum atomic E-state index is 0.358. The van der Waals surface area contributed by atoms with Crippen molar-refractivity contribution in [3.8, 4) is 0 Å². The molecule has 4 nitrogen and oxygen atoms in total. The molecule has 2 heterocycles. The third-order valence-electron chi connectivity index (χ3n) is 5.31. The largest absolute Gasteiger partial charge is 0.348 e. The number of aromatic nitrogens is 2. The molecular weight excluding hydrogens is 376 g/mol. The Morgan fingerprint density at radius 3 is 2.74 bits per heavy atom. The van der Waals surface area contributed by atoms with Gasteiger partial charge < -0.3 is 15.2 Å². The van der Waals surface area contributed by atoms with E-state index in [0.717, 1.165) is 58.6 Å². The average molecular weight is 399 g/mol. The van der Waals surface area contributed by atoms with Gasteiger partial charge in [-0.25, -0.2) is 4.98 Å². The predicted molar refractivity (Wildman–Crippen MR) is 117 cm³/mol. The SMILES string of the molecule is Cc1cc2nc(C3CCCN(C(=S)Nc4ccc(Cl)cc4)C3)[nH]c2cc1C. The summed E-state index contributed by atoms with van der Waals surface area (Å²) < 4.78 is 0. The van der Waals surface area contributed by atoms with Gasteiger partial charge in [-0.2, -0.15) is 0 Å². The van der Waals surface area contributed by atoms with E-state index < -0.39 is 0 Å². The van der Waals surface area contributed by atoms with Crippen molar-refractivity contribution < 1.29 is 0 Å². The number of piperidine rings is 1. The Labute approximate surface area is 169 Å². The standard InChI is InChI=1S/C21H23ClN4S/c1-13-10-18-19(11-14(13)2)25-20(24-18)15-4-3-9-26(12-15)21(27)23-17-7-5-16(22)6-8-17/h5-8,10-11,15H,3-4,9,12H2,1-2H3,(H,23,27)(H,24,25). The summed E-state index contributed by atoms with van der Waals surface area (Å²) in [5.41, 5.74) is 5.69. The maximum atomic E-state index is 5.96. The van der Waals surface area contributed by atoms with Gasteiger partial charge in [-0.15, -0.1) is 0 Å². The minimum absolute atomic E-state index is 0.358. The quantitative estimate of drug-likeness (QED) is 0.566. The van der Waals surface area contributed by atoms with Crippen LogP contribution in [0.3, 0.4) is 0 Å². The summed E-state index contributed by atoms with van der Waals surface area (Å²) in [5.74, 6) is 1.42. The fourth-order valence-electron chi connectivity index (χ4n) is 3.60. The van der Waals surface area contributed by atoms with Crippen LogP contribution in [0.2, 0.25) is 5.02 Å². The molecule has 2 N–H and O–H groups in total. The predicted octanol–water partition coefficient (Wildman–Crippen LogP) is 5.41. The van der Waals surface area contributed by atoms with Crippen LogP contribution in [0.5, 0.6) is 0 Å². The molecule has 0 aliphatic carbocycles. The second-order valence-corrected chi connectivity index (χ2v) is 8.12. The Bertz CT molecular complexity index is 941. The Morgan fingerprint density at radius 1 is 1.22 bits per heavy atom. The van der Waals surface area contributed by atoms with Crippen LogP contribution in [-0.2, 0) is 0 Å². The number of fused-ring (bicyclic) bond motifs is 1. The Balaban J connectivity index is 1.49. The fourth-order valence-corrected chi connectivity index (χ4v) is 4.01. The number of thiocarbonyl (C=S) groups is 1. The van der Waals surface area contributed by atoms with Crippen LogP contribution in [0.4, 0.5) is 5.69 Å². The van der Waals surface area contributed by atoms with E-state index in [9.17, 15) is 0 Å². The first-order chi connectivity index (χ1) is 13.0. The zero-order valence-electron chi connectivity index (χ0n) is 15.6. The van der Waals surface area contributed by atoms with E-state index in [1.54, 1.807) is 0 Å². The van der Waals surface area contributed by atoms with Gasteiger partial charge in [-0.1, -0.05) is 11.6 Å². The van der Waals surface area contributed by atoms with E-state index in [4.69, 9.17) is 28.8 Å². The molecule has 1 atom stereocenters. The number of aromatic amines is 1. The molecule has 1 aliphatic heterocycles. The van der Waals surface area contributed by atoms with Gasteiger partial charge in [0, 0.05) is 29.7 Å². The van der Waals surface area contributed by atoms with Crippen molar-refractivity contribution in [2.75, 3.05) is 18.4 Å². The second kappa shape index (κ2) is 7.49. The van der Waals surface area contributed by atoms with Crippen LogP contribution in [-0.4, -0.2) is 33.1 Å². The van der Waals surface area contributed by atoms with Gasteiger partial charge in [0.2, 0.25) is 0 Å². The molecule has 1 fully saturated rings. The topological polar surface area (TPSA) is 44.0 Å². The van der Waals surface area contributed by atoms with Crippen LogP contribution < -0.4 is 5.32 Å². The number of aryl methyl sites for hydroxylation is 2. The third kappa shape index (κ3) is 3.94. The first kappa shape index (κ1) is 18.3. The number of hydrogen-bond acceptors (Lipinski definition) is 2. The summed E-state index contributed by atoms with van der Waals surface area (Å²) in [4.78, 5) is 10.6. The fraction of sp³-hybridized carbons (Fsp3) is 0.333. The first-order valence-corrected chi connectivity index (χ1v) is 10.1. The van der Waals surface area contributed by atoms with Crippen molar-refractivity contribution in [2.45, 2.75) is 32.6 Å². The van der Waals surface area contributed by atoms with Crippen LogP contribution in [0.1, 0.15) is 35.7 Å². The van der Waals surface area contributed by atoms with E-state index in [1.165, 1.54) is 11.1 Å². The highest BCUT2D eigenvalue weighted by Crippen LogP contribution is 2.28. The molecule has 6 heteroatoms. The van der Waals surface area contributed by atoms with Crippen molar-refractivity contribution in [1.82, 2.24) is 14.9 Å². The summed E-state index contributed by atoms with van der Waals surface area (Å²) in [6, 6.07) is 12.0. The molecular formula is C21H23ClN4S. The van der Waals surface area contributed by atoms with Crippen LogP contribution >= 0.6 is 23.8 Å².